The SMILES string of the molecule is COc1ccc([C@@H]2[C@@H](C(=O)c3ccc(Cl)cc3)N3N=Cc4ccccc4[C@H]3C23C(=O)c2ccccc2C3=O)cc1OC. The first-order chi connectivity index (χ1) is 20.4. The van der Waals surface area contributed by atoms with Gasteiger partial charge in [0, 0.05) is 27.6 Å². The number of hydrogen-bond acceptors (Lipinski definition) is 7. The number of benzene rings is 4. The molecule has 3 aliphatic rings. The number of hydrazone groups is 1. The molecule has 1 spiro atoms. The number of fused-ring (bicyclic) bond motifs is 5. The van der Waals surface area contributed by atoms with Crippen LogP contribution in [0.1, 0.15) is 59.7 Å². The standard InChI is InChI=1S/C34H25ClN2O5/c1-41-26-16-13-20(17-27(26)42-2)28-29(30(38)19-11-14-22(35)15-12-19)37-31(23-8-4-3-7-21(23)18-36-37)34(28)32(39)24-9-5-6-10-25(24)33(34)40/h3-18,28-29,31H,1-2H3/t28-,29+,31+/m1/s1. The minimum absolute atomic E-state index is 0.276. The molecule has 0 unspecified atom stereocenters. The average molecular weight is 577 g/mol. The van der Waals surface area contributed by atoms with Crippen LogP contribution < -0.4 is 9.47 Å². The summed E-state index contributed by atoms with van der Waals surface area (Å²) < 4.78 is 11.1. The molecular formula is C34H25ClN2O5. The highest BCUT2D eigenvalue weighted by atomic mass is 35.5. The molecule has 1 aliphatic carbocycles. The lowest BCUT2D eigenvalue weighted by Crippen LogP contribution is -2.43. The van der Waals surface area contributed by atoms with Gasteiger partial charge in [0.1, 0.15) is 11.5 Å². The third kappa shape index (κ3) is 3.46. The largest absolute Gasteiger partial charge is 0.493 e. The summed E-state index contributed by atoms with van der Waals surface area (Å²) in [5, 5.41) is 6.94. The van der Waals surface area contributed by atoms with Gasteiger partial charge in [-0.2, -0.15) is 5.10 Å². The van der Waals surface area contributed by atoms with Gasteiger partial charge in [-0.1, -0.05) is 66.2 Å². The maximum atomic E-state index is 14.8. The first-order valence-electron chi connectivity index (χ1n) is 13.5. The molecule has 1 fully saturated rings. The van der Waals surface area contributed by atoms with Crippen molar-refractivity contribution in [3.8, 4) is 11.5 Å². The van der Waals surface area contributed by atoms with Crippen LogP contribution in [-0.2, 0) is 0 Å². The minimum Gasteiger partial charge on any atom is -0.493 e. The van der Waals surface area contributed by atoms with E-state index in [-0.39, 0.29) is 17.3 Å². The predicted octanol–water partition coefficient (Wildman–Crippen LogP) is 6.16. The van der Waals surface area contributed by atoms with Crippen LogP contribution in [0.5, 0.6) is 11.5 Å². The molecule has 1 saturated heterocycles. The highest BCUT2D eigenvalue weighted by Crippen LogP contribution is 2.65. The van der Waals surface area contributed by atoms with Crippen LogP contribution >= 0.6 is 11.6 Å². The molecule has 42 heavy (non-hydrogen) atoms. The van der Waals surface area contributed by atoms with Crippen LogP contribution in [0.25, 0.3) is 0 Å². The Morgan fingerprint density at radius 3 is 2.14 bits per heavy atom. The summed E-state index contributed by atoms with van der Waals surface area (Å²) in [6.07, 6.45) is 1.69. The first kappa shape index (κ1) is 26.2. The van der Waals surface area contributed by atoms with Crippen molar-refractivity contribution in [1.82, 2.24) is 5.01 Å². The molecular weight excluding hydrogens is 552 g/mol. The number of nitrogens with zero attached hydrogens (tertiary/aromatic N) is 2. The van der Waals surface area contributed by atoms with E-state index in [1.54, 1.807) is 78.0 Å². The number of hydrogen-bond donors (Lipinski definition) is 0. The van der Waals surface area contributed by atoms with E-state index in [4.69, 9.17) is 26.2 Å². The van der Waals surface area contributed by atoms with Crippen LogP contribution in [0.2, 0.25) is 5.02 Å². The molecule has 3 atom stereocenters. The highest BCUT2D eigenvalue weighted by Gasteiger charge is 2.72. The van der Waals surface area contributed by atoms with Crippen molar-refractivity contribution in [2.45, 2.75) is 18.0 Å². The number of carbonyl (C=O) groups excluding carboxylic acids is 3. The van der Waals surface area contributed by atoms with Gasteiger partial charge in [-0.3, -0.25) is 19.4 Å². The molecule has 2 heterocycles. The molecule has 4 aromatic carbocycles. The van der Waals surface area contributed by atoms with E-state index in [0.29, 0.717) is 38.8 Å². The summed E-state index contributed by atoms with van der Waals surface area (Å²) >= 11 is 6.16. The van der Waals surface area contributed by atoms with Crippen molar-refractivity contribution in [3.05, 3.63) is 129 Å². The fraction of sp³-hybridized carbons (Fsp3) is 0.176. The number of ketones is 3. The second-order valence-corrected chi connectivity index (χ2v) is 11.1. The summed E-state index contributed by atoms with van der Waals surface area (Å²) in [4.78, 5) is 44.2. The van der Waals surface area contributed by atoms with Crippen molar-refractivity contribution in [3.63, 3.8) is 0 Å². The molecule has 0 saturated carbocycles. The van der Waals surface area contributed by atoms with Gasteiger partial charge in [0.2, 0.25) is 0 Å². The highest BCUT2D eigenvalue weighted by molar-refractivity contribution is 6.32. The third-order valence-electron chi connectivity index (χ3n) is 8.74. The van der Waals surface area contributed by atoms with Gasteiger partial charge in [0.15, 0.2) is 28.8 Å². The van der Waals surface area contributed by atoms with Crippen LogP contribution in [0, 0.1) is 5.41 Å². The van der Waals surface area contributed by atoms with Crippen molar-refractivity contribution in [2.24, 2.45) is 10.5 Å². The van der Waals surface area contributed by atoms with Gasteiger partial charge in [-0.05, 0) is 53.1 Å². The Bertz CT molecular complexity index is 1780. The Morgan fingerprint density at radius 2 is 1.48 bits per heavy atom. The zero-order chi connectivity index (χ0) is 29.2. The van der Waals surface area contributed by atoms with Crippen LogP contribution in [0.15, 0.2) is 96.1 Å². The van der Waals surface area contributed by atoms with E-state index >= 15 is 0 Å². The van der Waals surface area contributed by atoms with Gasteiger partial charge in [-0.25, -0.2) is 0 Å². The van der Waals surface area contributed by atoms with E-state index in [0.717, 1.165) is 11.1 Å². The average Bonchev–Trinajstić information content (AvgIpc) is 3.46. The minimum atomic E-state index is -1.68. The molecule has 7 nitrogen and oxygen atoms in total. The number of rotatable bonds is 5. The normalized spacial score (nSPS) is 21.2. The summed E-state index contributed by atoms with van der Waals surface area (Å²) in [6.45, 7) is 0. The van der Waals surface area contributed by atoms with Crippen molar-refractivity contribution in [2.75, 3.05) is 14.2 Å². The van der Waals surface area contributed by atoms with E-state index in [9.17, 15) is 14.4 Å². The molecule has 0 aromatic heterocycles. The van der Waals surface area contributed by atoms with Crippen molar-refractivity contribution < 1.29 is 23.9 Å². The van der Waals surface area contributed by atoms with Gasteiger partial charge < -0.3 is 9.47 Å². The Kier molecular flexibility index (Phi) is 6.02. The molecule has 4 aromatic rings. The zero-order valence-electron chi connectivity index (χ0n) is 22.8. The smallest absolute Gasteiger partial charge is 0.187 e. The molecule has 7 rings (SSSR count). The maximum absolute atomic E-state index is 14.8. The number of ether oxygens (including phenoxy) is 2. The lowest BCUT2D eigenvalue weighted by atomic mass is 9.63. The van der Waals surface area contributed by atoms with E-state index in [1.807, 2.05) is 24.3 Å². The summed E-state index contributed by atoms with van der Waals surface area (Å²) in [7, 11) is 3.06. The molecule has 0 amide bonds. The number of Topliss-reactive ketones (excluding diaryl/α,β-unsaturated/α-hetero) is 3. The monoisotopic (exact) mass is 576 g/mol. The topological polar surface area (TPSA) is 85.3 Å². The maximum Gasteiger partial charge on any atom is 0.187 e. The summed E-state index contributed by atoms with van der Waals surface area (Å²) in [6, 6.07) is 24.5. The van der Waals surface area contributed by atoms with Gasteiger partial charge in [0.25, 0.3) is 0 Å². The number of carbonyl (C=O) groups is 3. The molecule has 0 N–H and O–H groups in total. The van der Waals surface area contributed by atoms with Crippen molar-refractivity contribution in [1.29, 1.82) is 0 Å². The molecule has 8 heteroatoms. The van der Waals surface area contributed by atoms with Crippen LogP contribution in [0.3, 0.4) is 0 Å². The molecule has 0 bridgehead atoms. The van der Waals surface area contributed by atoms with Crippen LogP contribution in [0.4, 0.5) is 0 Å². The van der Waals surface area contributed by atoms with E-state index in [1.165, 1.54) is 14.2 Å². The second-order valence-electron chi connectivity index (χ2n) is 10.6. The Hall–Kier alpha value is -4.75. The Morgan fingerprint density at radius 1 is 0.833 bits per heavy atom. The van der Waals surface area contributed by atoms with Gasteiger partial charge in [-0.15, -0.1) is 0 Å². The van der Waals surface area contributed by atoms with E-state index < -0.39 is 23.4 Å². The molecule has 0 radical (unpaired) electrons. The molecule has 208 valence electrons. The van der Waals surface area contributed by atoms with E-state index in [2.05, 4.69) is 0 Å². The van der Waals surface area contributed by atoms with Gasteiger partial charge >= 0.3 is 0 Å². The summed E-state index contributed by atoms with van der Waals surface area (Å²) in [5.41, 5.74) is 1.56. The van der Waals surface area contributed by atoms with Crippen molar-refractivity contribution >= 4 is 35.2 Å². The number of methoxy groups -OCH3 is 2. The first-order valence-corrected chi connectivity index (χ1v) is 13.9. The zero-order valence-corrected chi connectivity index (χ0v) is 23.5. The van der Waals surface area contributed by atoms with Gasteiger partial charge in [0.05, 0.1) is 26.5 Å². The van der Waals surface area contributed by atoms with Crippen LogP contribution in [-0.4, -0.2) is 48.8 Å². The quantitative estimate of drug-likeness (QED) is 0.209. The third-order valence-corrected chi connectivity index (χ3v) is 8.99. The fourth-order valence-corrected chi connectivity index (χ4v) is 7.11. The lowest BCUT2D eigenvalue weighted by molar-refractivity contribution is 0.0586. The Labute approximate surface area is 247 Å². The number of halogens is 1. The summed E-state index contributed by atoms with van der Waals surface area (Å²) in [5.74, 6) is -0.927. The lowest BCUT2D eigenvalue weighted by Gasteiger charge is -2.36. The second kappa shape index (κ2) is 9.67. The fourth-order valence-electron chi connectivity index (χ4n) is 6.98. The Balaban J connectivity index is 1.55. The molecule has 2 aliphatic heterocycles. The predicted molar refractivity (Wildman–Crippen MR) is 158 cm³/mol.